The first-order valence-electron chi connectivity index (χ1n) is 8.08. The second-order valence-corrected chi connectivity index (χ2v) is 13.6. The van der Waals surface area contributed by atoms with Gasteiger partial charge in [-0.05, 0) is 30.0 Å². The summed E-state index contributed by atoms with van der Waals surface area (Å²) in [5, 5.41) is 28.3. The van der Waals surface area contributed by atoms with Gasteiger partial charge in [0.15, 0.2) is 0 Å². The van der Waals surface area contributed by atoms with Gasteiger partial charge in [0, 0.05) is 46.1 Å². The van der Waals surface area contributed by atoms with E-state index < -0.39 is 16.9 Å². The standard InChI is InChI=1S/C16H30O6Si2/c1-20-24(21-2,22-3)11-9-16-6-4-15(5-7-16)8-10-23(12-17,13-18)14-19/h4-7,17-19H,8-14H2,1-3H3. The number of benzene rings is 1. The lowest BCUT2D eigenvalue weighted by Gasteiger charge is -2.25. The quantitative estimate of drug-likeness (QED) is 0.467. The van der Waals surface area contributed by atoms with E-state index >= 15 is 0 Å². The van der Waals surface area contributed by atoms with Crippen LogP contribution in [-0.4, -0.2) is 72.2 Å². The molecule has 0 saturated heterocycles. The molecular weight excluding hydrogens is 344 g/mol. The van der Waals surface area contributed by atoms with Crippen LogP contribution in [0.15, 0.2) is 24.3 Å². The molecule has 0 atom stereocenters. The highest BCUT2D eigenvalue weighted by Gasteiger charge is 2.37. The zero-order valence-electron chi connectivity index (χ0n) is 14.8. The lowest BCUT2D eigenvalue weighted by molar-refractivity contribution is 0.123. The van der Waals surface area contributed by atoms with Gasteiger partial charge in [0.05, 0.1) is 0 Å². The lowest BCUT2D eigenvalue weighted by atomic mass is 10.1. The summed E-state index contributed by atoms with van der Waals surface area (Å²) < 4.78 is 16.3. The molecular formula is C16H30O6Si2. The average molecular weight is 375 g/mol. The van der Waals surface area contributed by atoms with Gasteiger partial charge in [0.2, 0.25) is 0 Å². The molecule has 0 aliphatic rings. The van der Waals surface area contributed by atoms with Gasteiger partial charge in [-0.25, -0.2) is 0 Å². The minimum Gasteiger partial charge on any atom is -0.399 e. The van der Waals surface area contributed by atoms with Crippen molar-refractivity contribution in [2.45, 2.75) is 24.9 Å². The van der Waals surface area contributed by atoms with Crippen LogP contribution in [0.25, 0.3) is 0 Å². The Morgan fingerprint density at radius 2 is 1.08 bits per heavy atom. The van der Waals surface area contributed by atoms with Crippen LogP contribution >= 0.6 is 0 Å². The molecule has 1 rings (SSSR count). The Bertz CT molecular complexity index is 401. The molecule has 138 valence electrons. The first-order valence-corrected chi connectivity index (χ1v) is 12.8. The Kier molecular flexibility index (Phi) is 9.31. The van der Waals surface area contributed by atoms with Crippen LogP contribution in [0.3, 0.4) is 0 Å². The topological polar surface area (TPSA) is 88.4 Å². The van der Waals surface area contributed by atoms with Crippen molar-refractivity contribution in [1.82, 2.24) is 0 Å². The van der Waals surface area contributed by atoms with Crippen molar-refractivity contribution < 1.29 is 28.6 Å². The van der Waals surface area contributed by atoms with Crippen LogP contribution in [0.4, 0.5) is 0 Å². The highest BCUT2D eigenvalue weighted by Crippen LogP contribution is 2.18. The van der Waals surface area contributed by atoms with Crippen molar-refractivity contribution in [3.05, 3.63) is 35.4 Å². The molecule has 0 heterocycles. The highest BCUT2D eigenvalue weighted by atomic mass is 28.4. The normalized spacial score (nSPS) is 12.6. The predicted octanol–water partition coefficient (Wildman–Crippen LogP) is 0.693. The average Bonchev–Trinajstić information content (AvgIpc) is 2.66. The maximum atomic E-state index is 9.43. The van der Waals surface area contributed by atoms with Gasteiger partial charge in [0.1, 0.15) is 8.07 Å². The van der Waals surface area contributed by atoms with E-state index in [9.17, 15) is 15.3 Å². The Balaban J connectivity index is 2.60. The third-order valence-corrected chi connectivity index (χ3v) is 10.7. The predicted molar refractivity (Wildman–Crippen MR) is 97.3 cm³/mol. The molecule has 0 unspecified atom stereocenters. The maximum Gasteiger partial charge on any atom is 0.500 e. The maximum absolute atomic E-state index is 9.43. The molecule has 0 spiro atoms. The number of hydrogen-bond acceptors (Lipinski definition) is 6. The highest BCUT2D eigenvalue weighted by molar-refractivity contribution is 6.79. The number of aliphatic hydroxyl groups is 3. The van der Waals surface area contributed by atoms with E-state index in [-0.39, 0.29) is 18.7 Å². The second-order valence-electron chi connectivity index (χ2n) is 6.09. The van der Waals surface area contributed by atoms with Crippen molar-refractivity contribution in [1.29, 1.82) is 0 Å². The van der Waals surface area contributed by atoms with Crippen molar-refractivity contribution in [3.63, 3.8) is 0 Å². The number of hydrogen-bond donors (Lipinski definition) is 3. The Labute approximate surface area is 146 Å². The first kappa shape index (κ1) is 21.5. The van der Waals surface area contributed by atoms with Gasteiger partial charge in [0.25, 0.3) is 0 Å². The third-order valence-electron chi connectivity index (χ3n) is 4.63. The van der Waals surface area contributed by atoms with E-state index in [4.69, 9.17) is 13.3 Å². The fourth-order valence-electron chi connectivity index (χ4n) is 2.52. The van der Waals surface area contributed by atoms with Crippen molar-refractivity contribution in [3.8, 4) is 0 Å². The van der Waals surface area contributed by atoms with Crippen LogP contribution in [-0.2, 0) is 26.1 Å². The monoisotopic (exact) mass is 374 g/mol. The molecule has 0 amide bonds. The number of aryl methyl sites for hydroxylation is 2. The molecule has 6 nitrogen and oxygen atoms in total. The third kappa shape index (κ3) is 5.74. The molecule has 1 aromatic rings. The van der Waals surface area contributed by atoms with Crippen LogP contribution < -0.4 is 0 Å². The second kappa shape index (κ2) is 10.4. The van der Waals surface area contributed by atoms with Gasteiger partial charge < -0.3 is 28.6 Å². The van der Waals surface area contributed by atoms with Crippen molar-refractivity contribution in [2.24, 2.45) is 0 Å². The summed E-state index contributed by atoms with van der Waals surface area (Å²) >= 11 is 0. The smallest absolute Gasteiger partial charge is 0.399 e. The molecule has 24 heavy (non-hydrogen) atoms. The molecule has 3 N–H and O–H groups in total. The summed E-state index contributed by atoms with van der Waals surface area (Å²) in [5.74, 6) is 0. The summed E-state index contributed by atoms with van der Waals surface area (Å²) in [6, 6.07) is 9.62. The fourth-order valence-corrected chi connectivity index (χ4v) is 5.82. The number of aliphatic hydroxyl groups excluding tert-OH is 3. The van der Waals surface area contributed by atoms with Gasteiger partial charge in [-0.15, -0.1) is 0 Å². The Morgan fingerprint density at radius 3 is 1.42 bits per heavy atom. The molecule has 0 aromatic heterocycles. The zero-order chi connectivity index (χ0) is 18.1. The van der Waals surface area contributed by atoms with Crippen LogP contribution in [0.2, 0.25) is 12.1 Å². The molecule has 0 bridgehead atoms. The molecule has 0 aliphatic carbocycles. The Hall–Kier alpha value is -0.586. The van der Waals surface area contributed by atoms with E-state index in [1.807, 2.05) is 0 Å². The van der Waals surface area contributed by atoms with E-state index in [1.54, 1.807) is 21.3 Å². The zero-order valence-corrected chi connectivity index (χ0v) is 16.8. The van der Waals surface area contributed by atoms with Crippen LogP contribution in [0, 0.1) is 0 Å². The largest absolute Gasteiger partial charge is 0.500 e. The van der Waals surface area contributed by atoms with E-state index in [1.165, 1.54) is 5.56 Å². The van der Waals surface area contributed by atoms with Gasteiger partial charge in [-0.1, -0.05) is 24.3 Å². The first-order chi connectivity index (χ1) is 11.5. The number of rotatable bonds is 12. The van der Waals surface area contributed by atoms with Crippen LogP contribution in [0.1, 0.15) is 11.1 Å². The summed E-state index contributed by atoms with van der Waals surface area (Å²) in [6.45, 7) is 0. The Morgan fingerprint density at radius 1 is 0.708 bits per heavy atom. The summed E-state index contributed by atoms with van der Waals surface area (Å²) in [5.41, 5.74) is 2.32. The summed E-state index contributed by atoms with van der Waals surface area (Å²) in [6.07, 6.45) is 1.30. The molecule has 0 radical (unpaired) electrons. The van der Waals surface area contributed by atoms with E-state index in [2.05, 4.69) is 24.3 Å². The molecule has 0 aliphatic heterocycles. The minimum absolute atomic E-state index is 0.0875. The minimum atomic E-state index is -2.55. The van der Waals surface area contributed by atoms with Crippen molar-refractivity contribution >= 4 is 16.9 Å². The summed E-state index contributed by atoms with van der Waals surface area (Å²) in [7, 11) is -0.0533. The van der Waals surface area contributed by atoms with Gasteiger partial charge >= 0.3 is 8.80 Å². The molecule has 0 saturated carbocycles. The van der Waals surface area contributed by atoms with Gasteiger partial charge in [-0.2, -0.15) is 0 Å². The molecule has 0 fully saturated rings. The fraction of sp³-hybridized carbons (Fsp3) is 0.625. The molecule has 1 aromatic carbocycles. The molecule has 8 heteroatoms. The van der Waals surface area contributed by atoms with Crippen LogP contribution in [0.5, 0.6) is 0 Å². The van der Waals surface area contributed by atoms with E-state index in [0.29, 0.717) is 12.1 Å². The van der Waals surface area contributed by atoms with E-state index in [0.717, 1.165) is 18.4 Å². The lowest BCUT2D eigenvalue weighted by Crippen LogP contribution is -2.48. The summed E-state index contributed by atoms with van der Waals surface area (Å²) in [4.78, 5) is 0. The SMILES string of the molecule is CO[Si](CCc1ccc(CC[Si](CO)(CO)CO)cc1)(OC)OC. The van der Waals surface area contributed by atoms with Gasteiger partial charge in [-0.3, -0.25) is 0 Å². The van der Waals surface area contributed by atoms with Crippen molar-refractivity contribution in [2.75, 3.05) is 40.0 Å².